The van der Waals surface area contributed by atoms with E-state index in [0.717, 1.165) is 17.5 Å². The van der Waals surface area contributed by atoms with Crippen LogP contribution in [-0.4, -0.2) is 27.6 Å². The van der Waals surface area contributed by atoms with Crippen LogP contribution in [-0.2, 0) is 0 Å². The lowest BCUT2D eigenvalue weighted by Crippen LogP contribution is -2.27. The van der Waals surface area contributed by atoms with E-state index in [4.69, 9.17) is 4.74 Å². The summed E-state index contributed by atoms with van der Waals surface area (Å²) in [6.07, 6.45) is 2.78. The van der Waals surface area contributed by atoms with Gasteiger partial charge in [0.25, 0.3) is 5.56 Å². The van der Waals surface area contributed by atoms with Gasteiger partial charge in [-0.15, -0.1) is 0 Å². The minimum Gasteiger partial charge on any atom is -0.485 e. The Morgan fingerprint density at radius 2 is 2.17 bits per heavy atom. The van der Waals surface area contributed by atoms with E-state index in [1.54, 1.807) is 12.1 Å². The van der Waals surface area contributed by atoms with Crippen molar-refractivity contribution in [3.63, 3.8) is 0 Å². The number of imidazole rings is 1. The van der Waals surface area contributed by atoms with Gasteiger partial charge in [-0.05, 0) is 18.2 Å². The van der Waals surface area contributed by atoms with Crippen molar-refractivity contribution in [1.29, 1.82) is 0 Å². The molecule has 0 saturated heterocycles. The standard InChI is InChI=1S/C16H13FN4O2/c1-10-8-23-13-4-3-11(5-12(13)19(10)2)21-15-7-18-9-20(15)14(17)6-16(21)22/h3-7,9H,1,8H2,2H3. The van der Waals surface area contributed by atoms with Crippen molar-refractivity contribution in [2.24, 2.45) is 0 Å². The first kappa shape index (κ1) is 13.6. The van der Waals surface area contributed by atoms with Gasteiger partial charge in [-0.25, -0.2) is 4.98 Å². The zero-order chi connectivity index (χ0) is 16.1. The lowest BCUT2D eigenvalue weighted by Gasteiger charge is -2.30. The SMILES string of the molecule is C=C1COc2ccc(-n3c(=O)cc(F)n4cncc34)cc2N1C. The predicted molar refractivity (Wildman–Crippen MR) is 83.8 cm³/mol. The van der Waals surface area contributed by atoms with Gasteiger partial charge in [0.1, 0.15) is 24.3 Å². The van der Waals surface area contributed by atoms with E-state index < -0.39 is 11.5 Å². The molecule has 0 N–H and O–H groups in total. The predicted octanol–water partition coefficient (Wildman–Crippen LogP) is 1.97. The Kier molecular flexibility index (Phi) is 2.77. The molecule has 2 aromatic heterocycles. The van der Waals surface area contributed by atoms with Crippen LogP contribution in [0.15, 0.2) is 53.9 Å². The molecule has 4 rings (SSSR count). The molecular weight excluding hydrogens is 299 g/mol. The number of ether oxygens (including phenoxy) is 1. The van der Waals surface area contributed by atoms with E-state index in [-0.39, 0.29) is 0 Å². The van der Waals surface area contributed by atoms with Crippen molar-refractivity contribution in [1.82, 2.24) is 14.0 Å². The highest BCUT2D eigenvalue weighted by Gasteiger charge is 2.20. The van der Waals surface area contributed by atoms with Crippen molar-refractivity contribution in [3.8, 4) is 11.4 Å². The summed E-state index contributed by atoms with van der Waals surface area (Å²) in [6, 6.07) is 6.29. The third-order valence-corrected chi connectivity index (χ3v) is 3.97. The molecule has 116 valence electrons. The van der Waals surface area contributed by atoms with Gasteiger partial charge < -0.3 is 9.64 Å². The summed E-state index contributed by atoms with van der Waals surface area (Å²) in [5.74, 6) is 0.0638. The molecule has 0 spiro atoms. The number of aromatic nitrogens is 3. The second-order valence-electron chi connectivity index (χ2n) is 5.33. The molecule has 1 aromatic carbocycles. The topological polar surface area (TPSA) is 51.8 Å². The highest BCUT2D eigenvalue weighted by atomic mass is 19.1. The molecule has 23 heavy (non-hydrogen) atoms. The van der Waals surface area contributed by atoms with Gasteiger partial charge in [-0.2, -0.15) is 4.39 Å². The van der Waals surface area contributed by atoms with Crippen molar-refractivity contribution in [3.05, 3.63) is 65.4 Å². The van der Waals surface area contributed by atoms with Crippen LogP contribution in [0.1, 0.15) is 0 Å². The average Bonchev–Trinajstić information content (AvgIpc) is 3.01. The number of halogens is 1. The molecule has 3 aromatic rings. The fraction of sp³-hybridized carbons (Fsp3) is 0.125. The van der Waals surface area contributed by atoms with Crippen molar-refractivity contribution < 1.29 is 9.13 Å². The van der Waals surface area contributed by atoms with E-state index in [1.807, 2.05) is 18.0 Å². The zero-order valence-electron chi connectivity index (χ0n) is 12.4. The fourth-order valence-corrected chi connectivity index (χ4v) is 2.68. The molecular formula is C16H13FN4O2. The van der Waals surface area contributed by atoms with Gasteiger partial charge in [-0.3, -0.25) is 13.8 Å². The Morgan fingerprint density at radius 3 is 3.00 bits per heavy atom. The van der Waals surface area contributed by atoms with Crippen molar-refractivity contribution in [2.45, 2.75) is 0 Å². The fourth-order valence-electron chi connectivity index (χ4n) is 2.68. The Labute approximate surface area is 130 Å². The molecule has 0 radical (unpaired) electrons. The second kappa shape index (κ2) is 4.70. The normalized spacial score (nSPS) is 14.0. The summed E-state index contributed by atoms with van der Waals surface area (Å²) in [6.45, 7) is 4.36. The molecule has 0 unspecified atom stereocenters. The molecule has 0 bridgehead atoms. The molecule has 1 aliphatic rings. The second-order valence-corrected chi connectivity index (χ2v) is 5.33. The first-order valence-electron chi connectivity index (χ1n) is 6.98. The van der Waals surface area contributed by atoms with Crippen LogP contribution < -0.4 is 15.2 Å². The number of fused-ring (bicyclic) bond motifs is 2. The minimum atomic E-state index is -0.648. The molecule has 0 fully saturated rings. The molecule has 7 heteroatoms. The Hall–Kier alpha value is -3.09. The van der Waals surface area contributed by atoms with Gasteiger partial charge in [0.05, 0.1) is 23.6 Å². The number of rotatable bonds is 1. The van der Waals surface area contributed by atoms with E-state index in [1.165, 1.54) is 21.5 Å². The molecule has 6 nitrogen and oxygen atoms in total. The molecule has 0 saturated carbocycles. The number of hydrogen-bond donors (Lipinski definition) is 0. The van der Waals surface area contributed by atoms with E-state index in [2.05, 4.69) is 11.6 Å². The summed E-state index contributed by atoms with van der Waals surface area (Å²) in [5, 5.41) is 0. The number of hydrogen-bond acceptors (Lipinski definition) is 4. The number of likely N-dealkylation sites (N-methyl/N-ethyl adjacent to an activating group) is 1. The van der Waals surface area contributed by atoms with Crippen LogP contribution in [0.5, 0.6) is 5.75 Å². The summed E-state index contributed by atoms with van der Waals surface area (Å²) < 4.78 is 22.1. The maximum atomic E-state index is 13.8. The first-order valence-corrected chi connectivity index (χ1v) is 6.98. The first-order chi connectivity index (χ1) is 11.1. The quantitative estimate of drug-likeness (QED) is 0.645. The van der Waals surface area contributed by atoms with E-state index >= 15 is 0 Å². The molecule has 0 amide bonds. The van der Waals surface area contributed by atoms with Gasteiger partial charge in [0, 0.05) is 12.7 Å². The molecule has 0 atom stereocenters. The van der Waals surface area contributed by atoms with Gasteiger partial charge in [0.2, 0.25) is 5.95 Å². The lowest BCUT2D eigenvalue weighted by molar-refractivity contribution is 0.338. The summed E-state index contributed by atoms with van der Waals surface area (Å²) in [5.41, 5.74) is 2.11. The largest absolute Gasteiger partial charge is 0.485 e. The van der Waals surface area contributed by atoms with E-state index in [9.17, 15) is 9.18 Å². The molecule has 1 aliphatic heterocycles. The Bertz CT molecular complexity index is 1000. The van der Waals surface area contributed by atoms with Gasteiger partial charge in [-0.1, -0.05) is 6.58 Å². The average molecular weight is 312 g/mol. The van der Waals surface area contributed by atoms with Crippen LogP contribution in [0.4, 0.5) is 10.1 Å². The number of nitrogens with zero attached hydrogens (tertiary/aromatic N) is 4. The number of benzene rings is 1. The van der Waals surface area contributed by atoms with Crippen LogP contribution in [0.25, 0.3) is 11.3 Å². The van der Waals surface area contributed by atoms with Crippen molar-refractivity contribution in [2.75, 3.05) is 18.6 Å². The minimum absolute atomic E-state index is 0.355. The van der Waals surface area contributed by atoms with Crippen LogP contribution in [0.2, 0.25) is 0 Å². The summed E-state index contributed by atoms with van der Waals surface area (Å²) >= 11 is 0. The van der Waals surface area contributed by atoms with Gasteiger partial charge >= 0.3 is 0 Å². The third kappa shape index (κ3) is 1.93. The van der Waals surface area contributed by atoms with Crippen LogP contribution >= 0.6 is 0 Å². The lowest BCUT2D eigenvalue weighted by atomic mass is 10.2. The highest BCUT2D eigenvalue weighted by Crippen LogP contribution is 2.35. The molecule has 0 aliphatic carbocycles. The highest BCUT2D eigenvalue weighted by molar-refractivity contribution is 5.68. The molecule has 3 heterocycles. The van der Waals surface area contributed by atoms with E-state index in [0.29, 0.717) is 23.7 Å². The maximum Gasteiger partial charge on any atom is 0.261 e. The monoisotopic (exact) mass is 312 g/mol. The Morgan fingerprint density at radius 1 is 1.35 bits per heavy atom. The third-order valence-electron chi connectivity index (χ3n) is 3.97. The number of anilines is 1. The van der Waals surface area contributed by atoms with Crippen molar-refractivity contribution >= 4 is 11.3 Å². The summed E-state index contributed by atoms with van der Waals surface area (Å²) in [7, 11) is 1.88. The zero-order valence-corrected chi connectivity index (χ0v) is 12.4. The Balaban J connectivity index is 1.98. The maximum absolute atomic E-state index is 13.8. The van der Waals surface area contributed by atoms with Crippen LogP contribution in [0, 0.1) is 5.95 Å². The van der Waals surface area contributed by atoms with Crippen LogP contribution in [0.3, 0.4) is 0 Å². The summed E-state index contributed by atoms with van der Waals surface area (Å²) in [4.78, 5) is 18.1. The smallest absolute Gasteiger partial charge is 0.261 e. The van der Waals surface area contributed by atoms with Gasteiger partial charge in [0.15, 0.2) is 0 Å².